The Kier molecular flexibility index (Phi) is 4.39. The van der Waals surface area contributed by atoms with Crippen molar-refractivity contribution >= 4 is 11.6 Å². The lowest BCUT2D eigenvalue weighted by Gasteiger charge is -2.08. The Morgan fingerprint density at radius 2 is 2.21 bits per heavy atom. The average Bonchev–Trinajstić information content (AvgIpc) is 2.94. The van der Waals surface area contributed by atoms with Gasteiger partial charge in [0.05, 0.1) is 12.8 Å². The number of nitrogens with one attached hydrogen (secondary N) is 1. The molecule has 1 aliphatic heterocycles. The Hall–Kier alpha value is -2.04. The smallest absolute Gasteiger partial charge is 0.264 e. The second-order valence-corrected chi connectivity index (χ2v) is 4.36. The summed E-state index contributed by atoms with van der Waals surface area (Å²) in [6.45, 7) is 2.67. The summed E-state index contributed by atoms with van der Waals surface area (Å²) in [6.07, 6.45) is 0.899. The van der Waals surface area contributed by atoms with Crippen molar-refractivity contribution in [1.82, 2.24) is 5.32 Å². The summed E-state index contributed by atoms with van der Waals surface area (Å²) in [5.41, 5.74) is 1.74. The third-order valence-corrected chi connectivity index (χ3v) is 2.93. The molecular formula is C14H18N2O3. The number of rotatable bonds is 5. The summed E-state index contributed by atoms with van der Waals surface area (Å²) in [7, 11) is 1.62. The van der Waals surface area contributed by atoms with Crippen LogP contribution in [-0.2, 0) is 9.63 Å². The molecule has 2 rings (SSSR count). The first-order chi connectivity index (χ1) is 9.24. The summed E-state index contributed by atoms with van der Waals surface area (Å²) >= 11 is 0. The zero-order valence-corrected chi connectivity index (χ0v) is 11.2. The second kappa shape index (κ2) is 6.22. The Bertz CT molecular complexity index is 468. The van der Waals surface area contributed by atoms with E-state index in [4.69, 9.17) is 9.57 Å². The van der Waals surface area contributed by atoms with Gasteiger partial charge in [-0.3, -0.25) is 4.79 Å². The number of hydrogen-bond acceptors (Lipinski definition) is 4. The lowest BCUT2D eigenvalue weighted by Crippen LogP contribution is -2.35. The zero-order chi connectivity index (χ0) is 13.7. The fourth-order valence-corrected chi connectivity index (χ4v) is 1.83. The molecular weight excluding hydrogens is 244 g/mol. The van der Waals surface area contributed by atoms with Crippen molar-refractivity contribution < 1.29 is 14.4 Å². The first-order valence-corrected chi connectivity index (χ1v) is 6.39. The van der Waals surface area contributed by atoms with Crippen molar-refractivity contribution in [3.8, 4) is 5.75 Å². The molecule has 1 aromatic rings. The Morgan fingerprint density at radius 1 is 1.47 bits per heavy atom. The first-order valence-electron chi connectivity index (χ1n) is 6.39. The van der Waals surface area contributed by atoms with Gasteiger partial charge in [-0.05, 0) is 36.2 Å². The molecule has 0 unspecified atom stereocenters. The molecule has 5 nitrogen and oxygen atoms in total. The molecule has 5 heteroatoms. The Morgan fingerprint density at radius 3 is 2.84 bits per heavy atom. The third kappa shape index (κ3) is 3.24. The molecule has 1 aliphatic rings. The van der Waals surface area contributed by atoms with Crippen molar-refractivity contribution in [2.75, 3.05) is 13.7 Å². The number of hydrogen-bond donors (Lipinski definition) is 1. The molecule has 0 spiro atoms. The minimum Gasteiger partial charge on any atom is -0.497 e. The van der Waals surface area contributed by atoms with Gasteiger partial charge >= 0.3 is 0 Å². The Balaban J connectivity index is 1.95. The van der Waals surface area contributed by atoms with Crippen molar-refractivity contribution in [1.29, 1.82) is 0 Å². The summed E-state index contributed by atoms with van der Waals surface area (Å²) in [4.78, 5) is 16.9. The molecule has 1 aromatic carbocycles. The number of oxime groups is 1. The third-order valence-electron chi connectivity index (χ3n) is 2.93. The molecule has 1 amide bonds. The van der Waals surface area contributed by atoms with Gasteiger partial charge in [0.2, 0.25) is 6.10 Å². The van der Waals surface area contributed by atoms with Crippen LogP contribution in [0.3, 0.4) is 0 Å². The molecule has 0 saturated heterocycles. The number of carbonyl (C=O) groups is 1. The monoisotopic (exact) mass is 262 g/mol. The number of ether oxygens (including phenoxy) is 1. The van der Waals surface area contributed by atoms with E-state index in [0.29, 0.717) is 13.0 Å². The molecule has 1 N–H and O–H groups in total. The number of carbonyl (C=O) groups excluding carboxylic acids is 1. The fourth-order valence-electron chi connectivity index (χ4n) is 1.83. The van der Waals surface area contributed by atoms with E-state index in [0.717, 1.165) is 23.4 Å². The lowest BCUT2D eigenvalue weighted by molar-refractivity contribution is -0.131. The summed E-state index contributed by atoms with van der Waals surface area (Å²) in [5, 5.41) is 6.79. The number of methoxy groups -OCH3 is 1. The van der Waals surface area contributed by atoms with E-state index in [9.17, 15) is 4.79 Å². The number of nitrogens with zero attached hydrogens (tertiary/aromatic N) is 1. The fraction of sp³-hybridized carbons (Fsp3) is 0.429. The van der Waals surface area contributed by atoms with Gasteiger partial charge in [-0.25, -0.2) is 0 Å². The van der Waals surface area contributed by atoms with E-state index < -0.39 is 6.10 Å². The molecule has 0 saturated carbocycles. The van der Waals surface area contributed by atoms with E-state index in [-0.39, 0.29) is 5.91 Å². The van der Waals surface area contributed by atoms with E-state index in [1.165, 1.54) is 0 Å². The van der Waals surface area contributed by atoms with Gasteiger partial charge in [0.25, 0.3) is 5.91 Å². The largest absolute Gasteiger partial charge is 0.497 e. The maximum Gasteiger partial charge on any atom is 0.264 e. The van der Waals surface area contributed by atoms with E-state index in [1.807, 2.05) is 31.2 Å². The van der Waals surface area contributed by atoms with Crippen LogP contribution in [0.2, 0.25) is 0 Å². The normalized spacial score (nSPS) is 17.6. The van der Waals surface area contributed by atoms with Crippen LogP contribution in [0.4, 0.5) is 0 Å². The van der Waals surface area contributed by atoms with Crippen LogP contribution in [0.15, 0.2) is 29.4 Å². The highest BCUT2D eigenvalue weighted by molar-refractivity contribution is 6.04. The Labute approximate surface area is 112 Å². The number of amides is 1. The van der Waals surface area contributed by atoms with Gasteiger partial charge in [0, 0.05) is 13.0 Å². The maximum absolute atomic E-state index is 11.8. The van der Waals surface area contributed by atoms with Crippen LogP contribution < -0.4 is 10.1 Å². The van der Waals surface area contributed by atoms with E-state index in [1.54, 1.807) is 7.11 Å². The van der Waals surface area contributed by atoms with Crippen LogP contribution in [0, 0.1) is 0 Å². The quantitative estimate of drug-likeness (QED) is 0.878. The van der Waals surface area contributed by atoms with Crippen molar-refractivity contribution in [3.05, 3.63) is 29.8 Å². The molecule has 0 bridgehead atoms. The topological polar surface area (TPSA) is 59.9 Å². The van der Waals surface area contributed by atoms with Gasteiger partial charge < -0.3 is 14.9 Å². The SMILES string of the molecule is CCCNC(=O)[C@H]1CC(c2ccc(OC)cc2)=NO1. The first kappa shape index (κ1) is 13.4. The minimum atomic E-state index is -0.511. The highest BCUT2D eigenvalue weighted by atomic mass is 16.6. The van der Waals surface area contributed by atoms with Gasteiger partial charge in [-0.2, -0.15) is 0 Å². The molecule has 102 valence electrons. The molecule has 0 aromatic heterocycles. The highest BCUT2D eigenvalue weighted by Gasteiger charge is 2.28. The van der Waals surface area contributed by atoms with Crippen LogP contribution in [-0.4, -0.2) is 31.4 Å². The van der Waals surface area contributed by atoms with Crippen LogP contribution in [0.5, 0.6) is 5.75 Å². The van der Waals surface area contributed by atoms with Crippen molar-refractivity contribution in [2.24, 2.45) is 5.16 Å². The van der Waals surface area contributed by atoms with Crippen LogP contribution in [0.25, 0.3) is 0 Å². The average molecular weight is 262 g/mol. The van der Waals surface area contributed by atoms with Gasteiger partial charge in [-0.15, -0.1) is 0 Å². The molecule has 0 aliphatic carbocycles. The minimum absolute atomic E-state index is 0.103. The number of benzene rings is 1. The molecule has 0 fully saturated rings. The van der Waals surface area contributed by atoms with E-state index in [2.05, 4.69) is 10.5 Å². The zero-order valence-electron chi connectivity index (χ0n) is 11.2. The van der Waals surface area contributed by atoms with E-state index >= 15 is 0 Å². The maximum atomic E-state index is 11.8. The van der Waals surface area contributed by atoms with Gasteiger partial charge in [0.15, 0.2) is 0 Å². The van der Waals surface area contributed by atoms with Gasteiger partial charge in [0.1, 0.15) is 5.75 Å². The predicted octanol–water partition coefficient (Wildman–Crippen LogP) is 1.71. The standard InChI is InChI=1S/C14H18N2O3/c1-3-8-15-14(17)13-9-12(16-19-13)10-4-6-11(18-2)7-5-10/h4-7,13H,3,8-9H2,1-2H3,(H,15,17)/t13-/m1/s1. The molecule has 19 heavy (non-hydrogen) atoms. The van der Waals surface area contributed by atoms with Crippen LogP contribution in [0.1, 0.15) is 25.3 Å². The second-order valence-electron chi connectivity index (χ2n) is 4.36. The van der Waals surface area contributed by atoms with Crippen molar-refractivity contribution in [3.63, 3.8) is 0 Å². The summed E-state index contributed by atoms with van der Waals surface area (Å²) in [6, 6.07) is 7.55. The van der Waals surface area contributed by atoms with Crippen LogP contribution >= 0.6 is 0 Å². The van der Waals surface area contributed by atoms with Gasteiger partial charge in [-0.1, -0.05) is 12.1 Å². The van der Waals surface area contributed by atoms with Crippen molar-refractivity contribution in [2.45, 2.75) is 25.9 Å². The highest BCUT2D eigenvalue weighted by Crippen LogP contribution is 2.19. The molecule has 1 heterocycles. The summed E-state index contributed by atoms with van der Waals surface area (Å²) in [5.74, 6) is 0.689. The predicted molar refractivity (Wildman–Crippen MR) is 72.3 cm³/mol. The lowest BCUT2D eigenvalue weighted by atomic mass is 10.0. The summed E-state index contributed by atoms with van der Waals surface area (Å²) < 4.78 is 5.10. The molecule has 1 atom stereocenters. The molecule has 0 radical (unpaired) electrons.